The Morgan fingerprint density at radius 2 is 1.95 bits per heavy atom. The summed E-state index contributed by atoms with van der Waals surface area (Å²) in [4.78, 5) is 32.5. The van der Waals surface area contributed by atoms with Crippen LogP contribution in [0.15, 0.2) is 71.9 Å². The molecule has 37 heavy (non-hydrogen) atoms. The molecule has 0 saturated carbocycles. The number of hydrogen-bond acceptors (Lipinski definition) is 7. The fourth-order valence-electron chi connectivity index (χ4n) is 3.75. The standard InChI is InChI=1S/C26H20F2N4O5/c27-15-3-1-14(2-4-15)18-11-29-12-19(23(18)34)26(35)32-16-5-6-21(20(28)9-16)37-22-7-8-30-25-24(22)36-17(13-33)10-31-25/h1-9,11-12,17,33H,10,13H2,(H,29,34)(H,30,31)(H,32,35). The number of nitrogens with one attached hydrogen (secondary N) is 3. The second-order valence-electron chi connectivity index (χ2n) is 8.11. The van der Waals surface area contributed by atoms with Gasteiger partial charge in [-0.15, -0.1) is 0 Å². The number of H-pyrrole nitrogens is 1. The summed E-state index contributed by atoms with van der Waals surface area (Å²) in [6.45, 7) is 0.136. The quantitative estimate of drug-likeness (QED) is 0.312. The molecule has 9 nitrogen and oxygen atoms in total. The molecule has 4 N–H and O–H groups in total. The first-order valence-corrected chi connectivity index (χ1v) is 11.2. The van der Waals surface area contributed by atoms with Crippen LogP contribution in [0.2, 0.25) is 0 Å². The van der Waals surface area contributed by atoms with E-state index < -0.39 is 29.1 Å². The van der Waals surface area contributed by atoms with Crippen molar-refractivity contribution in [1.82, 2.24) is 9.97 Å². The van der Waals surface area contributed by atoms with Gasteiger partial charge in [0.25, 0.3) is 5.91 Å². The first-order valence-electron chi connectivity index (χ1n) is 11.2. The minimum Gasteiger partial charge on any atom is -0.479 e. The molecule has 0 spiro atoms. The molecular formula is C26H20F2N4O5. The van der Waals surface area contributed by atoms with E-state index in [-0.39, 0.29) is 40.7 Å². The number of pyridine rings is 2. The fraction of sp³-hybridized carbons (Fsp3) is 0.115. The summed E-state index contributed by atoms with van der Waals surface area (Å²) >= 11 is 0. The van der Waals surface area contributed by atoms with Crippen molar-refractivity contribution in [1.29, 1.82) is 0 Å². The van der Waals surface area contributed by atoms with Crippen molar-refractivity contribution in [2.75, 3.05) is 23.8 Å². The van der Waals surface area contributed by atoms with E-state index in [9.17, 15) is 23.5 Å². The van der Waals surface area contributed by atoms with Crippen molar-refractivity contribution in [3.8, 4) is 28.4 Å². The second-order valence-corrected chi connectivity index (χ2v) is 8.11. The maximum Gasteiger partial charge on any atom is 0.261 e. The first kappa shape index (κ1) is 23.9. The minimum absolute atomic E-state index is 0.0939. The molecule has 0 radical (unpaired) electrons. The highest BCUT2D eigenvalue weighted by molar-refractivity contribution is 6.04. The maximum atomic E-state index is 14.9. The molecule has 188 valence electrons. The number of aromatic amines is 1. The number of carbonyl (C=O) groups excluding carboxylic acids is 1. The van der Waals surface area contributed by atoms with Crippen LogP contribution in [0.1, 0.15) is 10.4 Å². The Morgan fingerprint density at radius 3 is 2.70 bits per heavy atom. The number of nitrogens with zero attached hydrogens (tertiary/aromatic N) is 1. The Balaban J connectivity index is 1.34. The smallest absolute Gasteiger partial charge is 0.261 e. The molecule has 4 aromatic rings. The van der Waals surface area contributed by atoms with Gasteiger partial charge in [0.1, 0.15) is 17.5 Å². The van der Waals surface area contributed by atoms with Crippen molar-refractivity contribution in [2.45, 2.75) is 6.10 Å². The Bertz CT molecular complexity index is 1520. The lowest BCUT2D eigenvalue weighted by molar-refractivity contribution is 0.102. The van der Waals surface area contributed by atoms with Gasteiger partial charge < -0.3 is 30.2 Å². The average molecular weight is 506 g/mol. The molecule has 1 aliphatic heterocycles. The van der Waals surface area contributed by atoms with Gasteiger partial charge in [-0.05, 0) is 29.8 Å². The monoisotopic (exact) mass is 506 g/mol. The zero-order valence-corrected chi connectivity index (χ0v) is 19.1. The Hall–Kier alpha value is -4.77. The lowest BCUT2D eigenvalue weighted by Crippen LogP contribution is -2.34. The number of carbonyl (C=O) groups is 1. The van der Waals surface area contributed by atoms with E-state index in [4.69, 9.17) is 9.47 Å². The molecule has 0 saturated heterocycles. The van der Waals surface area contributed by atoms with Crippen molar-refractivity contribution < 1.29 is 28.2 Å². The van der Waals surface area contributed by atoms with Gasteiger partial charge in [0.05, 0.1) is 13.2 Å². The van der Waals surface area contributed by atoms with Gasteiger partial charge in [-0.2, -0.15) is 0 Å². The van der Waals surface area contributed by atoms with Crippen LogP contribution in [0, 0.1) is 11.6 Å². The topological polar surface area (TPSA) is 126 Å². The van der Waals surface area contributed by atoms with Gasteiger partial charge >= 0.3 is 0 Å². The summed E-state index contributed by atoms with van der Waals surface area (Å²) in [5.41, 5.74) is -0.0536. The minimum atomic E-state index is -0.778. The number of anilines is 2. The van der Waals surface area contributed by atoms with E-state index in [1.165, 1.54) is 61.1 Å². The predicted molar refractivity (Wildman–Crippen MR) is 131 cm³/mol. The molecule has 3 heterocycles. The third kappa shape index (κ3) is 4.98. The molecule has 1 atom stereocenters. The molecule has 0 bridgehead atoms. The highest BCUT2D eigenvalue weighted by Crippen LogP contribution is 2.39. The van der Waals surface area contributed by atoms with E-state index in [0.717, 1.165) is 6.07 Å². The molecule has 2 aromatic carbocycles. The lowest BCUT2D eigenvalue weighted by Gasteiger charge is -2.26. The maximum absolute atomic E-state index is 14.9. The van der Waals surface area contributed by atoms with Crippen molar-refractivity contribution >= 4 is 17.4 Å². The zero-order valence-electron chi connectivity index (χ0n) is 19.1. The SMILES string of the molecule is O=C(Nc1ccc(Oc2ccnc3c2OC(CO)CN3)c(F)c1)c1c[nH]cc(-c2ccc(F)cc2)c1=O. The van der Waals surface area contributed by atoms with Crippen LogP contribution in [0.25, 0.3) is 11.1 Å². The number of aliphatic hydroxyl groups excluding tert-OH is 1. The molecule has 11 heteroatoms. The molecule has 0 fully saturated rings. The normalized spacial score (nSPS) is 14.2. The Labute approximate surface area is 208 Å². The zero-order chi connectivity index (χ0) is 25.9. The summed E-state index contributed by atoms with van der Waals surface area (Å²) in [6.07, 6.45) is 3.61. The van der Waals surface area contributed by atoms with Gasteiger partial charge in [0.2, 0.25) is 11.2 Å². The second kappa shape index (κ2) is 10.1. The summed E-state index contributed by atoms with van der Waals surface area (Å²) in [7, 11) is 0. The van der Waals surface area contributed by atoms with E-state index >= 15 is 0 Å². The number of fused-ring (bicyclic) bond motifs is 1. The number of ether oxygens (including phenoxy) is 2. The number of rotatable bonds is 6. The molecular weight excluding hydrogens is 486 g/mol. The van der Waals surface area contributed by atoms with E-state index in [2.05, 4.69) is 20.6 Å². The summed E-state index contributed by atoms with van der Waals surface area (Å²) in [5.74, 6) is -1.29. The third-order valence-electron chi connectivity index (χ3n) is 5.61. The van der Waals surface area contributed by atoms with Crippen molar-refractivity contribution in [3.63, 3.8) is 0 Å². The van der Waals surface area contributed by atoms with Gasteiger partial charge in [0.15, 0.2) is 23.1 Å². The fourth-order valence-corrected chi connectivity index (χ4v) is 3.75. The Morgan fingerprint density at radius 1 is 1.14 bits per heavy atom. The number of benzene rings is 2. The highest BCUT2D eigenvalue weighted by Gasteiger charge is 2.24. The highest BCUT2D eigenvalue weighted by atomic mass is 19.1. The first-order chi connectivity index (χ1) is 17.9. The van der Waals surface area contributed by atoms with Gasteiger partial charge in [0, 0.05) is 42.0 Å². The number of halogens is 2. The van der Waals surface area contributed by atoms with Crippen LogP contribution in [-0.4, -0.2) is 40.2 Å². The third-order valence-corrected chi connectivity index (χ3v) is 5.61. The van der Waals surface area contributed by atoms with Crippen LogP contribution < -0.4 is 25.5 Å². The summed E-state index contributed by atoms with van der Waals surface area (Å²) in [6, 6.07) is 10.6. The van der Waals surface area contributed by atoms with Crippen LogP contribution in [0.5, 0.6) is 17.2 Å². The molecule has 0 aliphatic carbocycles. The number of aromatic nitrogens is 2. The number of aliphatic hydroxyl groups is 1. The van der Waals surface area contributed by atoms with E-state index in [1.54, 1.807) is 0 Å². The predicted octanol–water partition coefficient (Wildman–Crippen LogP) is 3.92. The largest absolute Gasteiger partial charge is 0.479 e. The van der Waals surface area contributed by atoms with Crippen LogP contribution in [-0.2, 0) is 0 Å². The molecule has 5 rings (SSSR count). The van der Waals surface area contributed by atoms with Crippen LogP contribution in [0.3, 0.4) is 0 Å². The van der Waals surface area contributed by atoms with Gasteiger partial charge in [-0.1, -0.05) is 12.1 Å². The molecule has 1 unspecified atom stereocenters. The molecule has 1 aliphatic rings. The molecule has 1 amide bonds. The molecule has 2 aromatic heterocycles. The van der Waals surface area contributed by atoms with Crippen molar-refractivity contribution in [3.05, 3.63) is 94.5 Å². The number of hydrogen-bond donors (Lipinski definition) is 4. The lowest BCUT2D eigenvalue weighted by atomic mass is 10.0. The Kier molecular flexibility index (Phi) is 6.52. The van der Waals surface area contributed by atoms with Gasteiger partial charge in [-0.3, -0.25) is 9.59 Å². The number of amides is 1. The summed E-state index contributed by atoms with van der Waals surface area (Å²) < 4.78 is 39.5. The van der Waals surface area contributed by atoms with Gasteiger partial charge in [-0.25, -0.2) is 13.8 Å². The van der Waals surface area contributed by atoms with Crippen LogP contribution >= 0.6 is 0 Å². The average Bonchev–Trinajstić information content (AvgIpc) is 2.91. The van der Waals surface area contributed by atoms with Crippen LogP contribution in [0.4, 0.5) is 20.3 Å². The van der Waals surface area contributed by atoms with E-state index in [1.807, 2.05) is 0 Å². The summed E-state index contributed by atoms with van der Waals surface area (Å²) in [5, 5.41) is 14.9. The van der Waals surface area contributed by atoms with E-state index in [0.29, 0.717) is 17.9 Å². The van der Waals surface area contributed by atoms with Crippen molar-refractivity contribution in [2.24, 2.45) is 0 Å².